The van der Waals surface area contributed by atoms with Crippen LogP contribution in [0.1, 0.15) is 25.0 Å². The van der Waals surface area contributed by atoms with E-state index in [0.717, 1.165) is 38.4 Å². The molecule has 24 heavy (non-hydrogen) atoms. The SMILES string of the molecule is Cc1c(-c2cccs2)n(C)c2ccc(OCC(C)C)c(C)c2c1=O. The topological polar surface area (TPSA) is 31.2 Å². The second-order valence-corrected chi connectivity index (χ2v) is 7.57. The van der Waals surface area contributed by atoms with Crippen molar-refractivity contribution in [2.45, 2.75) is 27.7 Å². The Morgan fingerprint density at radius 3 is 2.54 bits per heavy atom. The van der Waals surface area contributed by atoms with Gasteiger partial charge in [0, 0.05) is 18.2 Å². The van der Waals surface area contributed by atoms with Crippen LogP contribution in [0.15, 0.2) is 34.4 Å². The van der Waals surface area contributed by atoms with Crippen molar-refractivity contribution < 1.29 is 4.74 Å². The first-order chi connectivity index (χ1) is 11.4. The lowest BCUT2D eigenvalue weighted by Gasteiger charge is -2.18. The van der Waals surface area contributed by atoms with Crippen LogP contribution in [-0.4, -0.2) is 11.2 Å². The van der Waals surface area contributed by atoms with E-state index in [9.17, 15) is 4.79 Å². The summed E-state index contributed by atoms with van der Waals surface area (Å²) in [5, 5.41) is 2.80. The number of hydrogen-bond acceptors (Lipinski definition) is 3. The van der Waals surface area contributed by atoms with Gasteiger partial charge < -0.3 is 9.30 Å². The van der Waals surface area contributed by atoms with Gasteiger partial charge in [-0.2, -0.15) is 0 Å². The summed E-state index contributed by atoms with van der Waals surface area (Å²) >= 11 is 1.66. The zero-order valence-corrected chi connectivity index (χ0v) is 15.7. The number of aromatic nitrogens is 1. The highest BCUT2D eigenvalue weighted by molar-refractivity contribution is 7.13. The summed E-state index contributed by atoms with van der Waals surface area (Å²) in [4.78, 5) is 14.2. The van der Waals surface area contributed by atoms with Crippen LogP contribution < -0.4 is 10.2 Å². The van der Waals surface area contributed by atoms with Crippen LogP contribution in [0.5, 0.6) is 5.75 Å². The fourth-order valence-corrected chi connectivity index (χ4v) is 3.95. The number of ether oxygens (including phenoxy) is 1. The van der Waals surface area contributed by atoms with Gasteiger partial charge in [-0.25, -0.2) is 0 Å². The van der Waals surface area contributed by atoms with Crippen LogP contribution in [0.25, 0.3) is 21.5 Å². The average Bonchev–Trinajstić information content (AvgIpc) is 3.05. The first kappa shape index (κ1) is 16.8. The summed E-state index contributed by atoms with van der Waals surface area (Å²) in [6.45, 7) is 8.78. The third kappa shape index (κ3) is 2.75. The number of rotatable bonds is 4. The molecule has 0 radical (unpaired) electrons. The van der Waals surface area contributed by atoms with Crippen molar-refractivity contribution in [3.05, 3.63) is 51.0 Å². The Balaban J connectivity index is 2.26. The normalized spacial score (nSPS) is 11.4. The fourth-order valence-electron chi connectivity index (χ4n) is 3.09. The summed E-state index contributed by atoms with van der Waals surface area (Å²) < 4.78 is 8.02. The Morgan fingerprint density at radius 1 is 1.17 bits per heavy atom. The molecule has 3 rings (SSSR count). The number of thiophene rings is 1. The van der Waals surface area contributed by atoms with E-state index in [0.29, 0.717) is 12.5 Å². The van der Waals surface area contributed by atoms with Crippen molar-refractivity contribution in [1.82, 2.24) is 4.57 Å². The summed E-state index contributed by atoms with van der Waals surface area (Å²) in [5.41, 5.74) is 3.76. The van der Waals surface area contributed by atoms with Crippen LogP contribution in [0, 0.1) is 19.8 Å². The third-order valence-corrected chi connectivity index (χ3v) is 5.22. The Hall–Kier alpha value is -2.07. The van der Waals surface area contributed by atoms with E-state index in [1.807, 2.05) is 44.5 Å². The second kappa shape index (κ2) is 6.44. The lowest BCUT2D eigenvalue weighted by Crippen LogP contribution is -2.16. The monoisotopic (exact) mass is 341 g/mol. The fraction of sp³-hybridized carbons (Fsp3) is 0.350. The molecule has 2 aromatic heterocycles. The van der Waals surface area contributed by atoms with Crippen LogP contribution in [-0.2, 0) is 7.05 Å². The third-order valence-electron chi connectivity index (χ3n) is 4.34. The first-order valence-corrected chi connectivity index (χ1v) is 9.09. The smallest absolute Gasteiger partial charge is 0.193 e. The van der Waals surface area contributed by atoms with Crippen molar-refractivity contribution in [2.24, 2.45) is 13.0 Å². The Labute approximate surface area is 146 Å². The van der Waals surface area contributed by atoms with E-state index in [1.54, 1.807) is 11.3 Å². The van der Waals surface area contributed by atoms with Crippen molar-refractivity contribution in [3.63, 3.8) is 0 Å². The summed E-state index contributed by atoms with van der Waals surface area (Å²) in [6, 6.07) is 8.05. The lowest BCUT2D eigenvalue weighted by molar-refractivity contribution is 0.270. The second-order valence-electron chi connectivity index (χ2n) is 6.63. The Bertz CT molecular complexity index is 937. The van der Waals surface area contributed by atoms with Crippen LogP contribution >= 0.6 is 11.3 Å². The van der Waals surface area contributed by atoms with E-state index < -0.39 is 0 Å². The molecule has 0 aliphatic carbocycles. The van der Waals surface area contributed by atoms with Gasteiger partial charge in [0.1, 0.15) is 5.75 Å². The molecule has 0 aliphatic rings. The van der Waals surface area contributed by atoms with Gasteiger partial charge in [-0.15, -0.1) is 11.3 Å². The minimum absolute atomic E-state index is 0.0963. The van der Waals surface area contributed by atoms with E-state index in [-0.39, 0.29) is 5.43 Å². The van der Waals surface area contributed by atoms with E-state index in [4.69, 9.17) is 4.74 Å². The molecule has 126 valence electrons. The number of pyridine rings is 1. The van der Waals surface area contributed by atoms with Gasteiger partial charge in [0.2, 0.25) is 0 Å². The summed E-state index contributed by atoms with van der Waals surface area (Å²) in [6.07, 6.45) is 0. The average molecular weight is 341 g/mol. The molecule has 0 saturated heterocycles. The number of nitrogens with zero attached hydrogens (tertiary/aromatic N) is 1. The zero-order valence-electron chi connectivity index (χ0n) is 14.8. The van der Waals surface area contributed by atoms with Crippen molar-refractivity contribution in [1.29, 1.82) is 0 Å². The summed E-state index contributed by atoms with van der Waals surface area (Å²) in [5.74, 6) is 1.25. The standard InChI is InChI=1S/C20H23NO2S/c1-12(2)11-23-16-9-8-15-18(13(16)3)20(22)14(4)19(21(15)5)17-7-6-10-24-17/h6-10,12H,11H2,1-5H3. The van der Waals surface area contributed by atoms with Gasteiger partial charge in [0.25, 0.3) is 0 Å². The molecule has 0 aliphatic heterocycles. The van der Waals surface area contributed by atoms with Crippen LogP contribution in [0.3, 0.4) is 0 Å². The zero-order chi connectivity index (χ0) is 17.4. The molecule has 0 unspecified atom stereocenters. The largest absolute Gasteiger partial charge is 0.493 e. The minimum atomic E-state index is 0.0963. The van der Waals surface area contributed by atoms with Gasteiger partial charge >= 0.3 is 0 Å². The minimum Gasteiger partial charge on any atom is -0.493 e. The van der Waals surface area contributed by atoms with Crippen molar-refractivity contribution in [3.8, 4) is 16.3 Å². The van der Waals surface area contributed by atoms with Crippen molar-refractivity contribution >= 4 is 22.2 Å². The molecule has 4 heteroatoms. The maximum atomic E-state index is 13.0. The predicted molar refractivity (Wildman–Crippen MR) is 102 cm³/mol. The highest BCUT2D eigenvalue weighted by atomic mass is 32.1. The quantitative estimate of drug-likeness (QED) is 0.674. The van der Waals surface area contributed by atoms with Gasteiger partial charge in [-0.3, -0.25) is 4.79 Å². The van der Waals surface area contributed by atoms with Gasteiger partial charge in [0.15, 0.2) is 5.43 Å². The first-order valence-electron chi connectivity index (χ1n) is 8.21. The van der Waals surface area contributed by atoms with Crippen molar-refractivity contribution in [2.75, 3.05) is 6.61 Å². The number of benzene rings is 1. The van der Waals surface area contributed by atoms with E-state index in [1.165, 1.54) is 0 Å². The van der Waals surface area contributed by atoms with Gasteiger partial charge in [-0.1, -0.05) is 19.9 Å². The molecular formula is C20H23NO2S. The molecule has 3 nitrogen and oxygen atoms in total. The number of hydrogen-bond donors (Lipinski definition) is 0. The molecule has 0 fully saturated rings. The molecule has 0 bridgehead atoms. The highest BCUT2D eigenvalue weighted by Gasteiger charge is 2.17. The van der Waals surface area contributed by atoms with Gasteiger partial charge in [0.05, 0.1) is 28.1 Å². The molecule has 3 aromatic rings. The highest BCUT2D eigenvalue weighted by Crippen LogP contribution is 2.32. The molecule has 0 saturated carbocycles. The molecule has 1 aromatic carbocycles. The summed E-state index contributed by atoms with van der Waals surface area (Å²) in [7, 11) is 2.03. The van der Waals surface area contributed by atoms with Crippen LogP contribution in [0.4, 0.5) is 0 Å². The molecule has 0 spiro atoms. The molecule has 0 amide bonds. The van der Waals surface area contributed by atoms with Gasteiger partial charge in [-0.05, 0) is 43.3 Å². The lowest BCUT2D eigenvalue weighted by atomic mass is 10.0. The molecule has 2 heterocycles. The number of fused-ring (bicyclic) bond motifs is 1. The Morgan fingerprint density at radius 2 is 1.92 bits per heavy atom. The van der Waals surface area contributed by atoms with E-state index in [2.05, 4.69) is 24.5 Å². The number of aryl methyl sites for hydroxylation is 2. The predicted octanol–water partition coefficient (Wildman–Crippen LogP) is 4.92. The Kier molecular flexibility index (Phi) is 4.50. The molecule has 0 N–H and O–H groups in total. The molecular weight excluding hydrogens is 318 g/mol. The maximum Gasteiger partial charge on any atom is 0.193 e. The maximum absolute atomic E-state index is 13.0. The van der Waals surface area contributed by atoms with Crippen LogP contribution in [0.2, 0.25) is 0 Å². The van der Waals surface area contributed by atoms with E-state index >= 15 is 0 Å². The molecule has 0 atom stereocenters.